The minimum atomic E-state index is -4.79. The molecular weight excluding hydrogens is 305 g/mol. The SMILES string of the molecule is Cc1nn(CC(C(=O)O)C(F)(F)F)c(C)c1Br. The normalized spacial score (nSPS) is 13.8. The molecule has 0 saturated heterocycles. The summed E-state index contributed by atoms with van der Waals surface area (Å²) in [4.78, 5) is 10.6. The van der Waals surface area contributed by atoms with Crippen LogP contribution in [-0.2, 0) is 11.3 Å². The van der Waals surface area contributed by atoms with Crippen molar-refractivity contribution in [3.63, 3.8) is 0 Å². The molecule has 0 saturated carbocycles. The maximum atomic E-state index is 12.5. The quantitative estimate of drug-likeness (QED) is 0.932. The number of hydrogen-bond acceptors (Lipinski definition) is 2. The van der Waals surface area contributed by atoms with E-state index in [-0.39, 0.29) is 0 Å². The molecule has 4 nitrogen and oxygen atoms in total. The fourth-order valence-electron chi connectivity index (χ4n) is 1.35. The zero-order chi connectivity index (χ0) is 13.4. The maximum absolute atomic E-state index is 12.5. The average molecular weight is 315 g/mol. The van der Waals surface area contributed by atoms with Crippen LogP contribution in [-0.4, -0.2) is 27.0 Å². The van der Waals surface area contributed by atoms with Crippen molar-refractivity contribution in [3.8, 4) is 0 Å². The van der Waals surface area contributed by atoms with E-state index in [2.05, 4.69) is 21.0 Å². The first-order chi connectivity index (χ1) is 7.64. The summed E-state index contributed by atoms with van der Waals surface area (Å²) in [5.41, 5.74) is 0.992. The monoisotopic (exact) mass is 314 g/mol. The lowest BCUT2D eigenvalue weighted by Crippen LogP contribution is -2.34. The lowest BCUT2D eigenvalue weighted by molar-refractivity contribution is -0.196. The van der Waals surface area contributed by atoms with Crippen molar-refractivity contribution in [1.82, 2.24) is 9.78 Å². The van der Waals surface area contributed by atoms with E-state index in [4.69, 9.17) is 5.11 Å². The number of aliphatic carboxylic acids is 1. The lowest BCUT2D eigenvalue weighted by atomic mass is 10.1. The molecule has 0 spiro atoms. The van der Waals surface area contributed by atoms with Crippen molar-refractivity contribution in [2.75, 3.05) is 0 Å². The van der Waals surface area contributed by atoms with Gasteiger partial charge in [-0.3, -0.25) is 9.48 Å². The smallest absolute Gasteiger partial charge is 0.404 e. The number of aryl methyl sites for hydroxylation is 1. The van der Waals surface area contributed by atoms with Crippen molar-refractivity contribution in [2.45, 2.75) is 26.6 Å². The molecule has 8 heteroatoms. The van der Waals surface area contributed by atoms with Crippen LogP contribution >= 0.6 is 15.9 Å². The van der Waals surface area contributed by atoms with E-state index in [1.54, 1.807) is 13.8 Å². The molecule has 0 fully saturated rings. The summed E-state index contributed by atoms with van der Waals surface area (Å²) in [6, 6.07) is 0. The highest BCUT2D eigenvalue weighted by Gasteiger charge is 2.45. The van der Waals surface area contributed by atoms with E-state index in [1.807, 2.05) is 0 Å². The Morgan fingerprint density at radius 2 is 2.06 bits per heavy atom. The average Bonchev–Trinajstić information content (AvgIpc) is 2.40. The summed E-state index contributed by atoms with van der Waals surface area (Å²) < 4.78 is 39.0. The first-order valence-corrected chi connectivity index (χ1v) is 5.43. The maximum Gasteiger partial charge on any atom is 0.404 e. The zero-order valence-electron chi connectivity index (χ0n) is 9.05. The highest BCUT2D eigenvalue weighted by Crippen LogP contribution is 2.29. The highest BCUT2D eigenvalue weighted by atomic mass is 79.9. The predicted molar refractivity (Wildman–Crippen MR) is 56.6 cm³/mol. The molecule has 1 aromatic rings. The third-order valence-electron chi connectivity index (χ3n) is 2.34. The highest BCUT2D eigenvalue weighted by molar-refractivity contribution is 9.10. The molecular formula is C9H10BrF3N2O2. The Hall–Kier alpha value is -1.05. The van der Waals surface area contributed by atoms with Gasteiger partial charge in [0.25, 0.3) is 0 Å². The summed E-state index contributed by atoms with van der Waals surface area (Å²) in [7, 11) is 0. The standard InChI is InChI=1S/C9H10BrF3N2O2/c1-4-7(10)5(2)15(14-4)3-6(8(16)17)9(11,12)13/h6H,3H2,1-2H3,(H,16,17). The van der Waals surface area contributed by atoms with Gasteiger partial charge in [-0.1, -0.05) is 0 Å². The summed E-state index contributed by atoms with van der Waals surface area (Å²) in [5.74, 6) is -4.35. The second-order valence-corrected chi connectivity index (χ2v) is 4.39. The second-order valence-electron chi connectivity index (χ2n) is 3.60. The number of halogens is 4. The third kappa shape index (κ3) is 2.99. The van der Waals surface area contributed by atoms with Crippen LogP contribution in [0.1, 0.15) is 11.4 Å². The van der Waals surface area contributed by atoms with Crippen LogP contribution in [0, 0.1) is 19.8 Å². The zero-order valence-corrected chi connectivity index (χ0v) is 10.6. The van der Waals surface area contributed by atoms with Crippen molar-refractivity contribution < 1.29 is 23.1 Å². The van der Waals surface area contributed by atoms with Gasteiger partial charge in [-0.15, -0.1) is 0 Å². The minimum Gasteiger partial charge on any atom is -0.481 e. The first-order valence-electron chi connectivity index (χ1n) is 4.63. The molecule has 0 radical (unpaired) electrons. The lowest BCUT2D eigenvalue weighted by Gasteiger charge is -2.16. The Morgan fingerprint density at radius 3 is 2.35 bits per heavy atom. The Labute approximate surface area is 104 Å². The fourth-order valence-corrected chi connectivity index (χ4v) is 1.63. The van der Waals surface area contributed by atoms with Crippen LogP contribution in [0.5, 0.6) is 0 Å². The molecule has 1 heterocycles. The van der Waals surface area contributed by atoms with Gasteiger partial charge in [0.2, 0.25) is 0 Å². The van der Waals surface area contributed by atoms with Crippen LogP contribution in [0.2, 0.25) is 0 Å². The number of alkyl halides is 3. The van der Waals surface area contributed by atoms with Crippen LogP contribution in [0.3, 0.4) is 0 Å². The molecule has 0 aliphatic heterocycles. The van der Waals surface area contributed by atoms with Gasteiger partial charge in [-0.2, -0.15) is 18.3 Å². The topological polar surface area (TPSA) is 55.1 Å². The van der Waals surface area contributed by atoms with E-state index in [0.29, 0.717) is 15.9 Å². The molecule has 1 aromatic heterocycles. The molecule has 0 bridgehead atoms. The summed E-state index contributed by atoms with van der Waals surface area (Å²) in [6.07, 6.45) is -4.79. The second kappa shape index (κ2) is 4.67. The first kappa shape index (κ1) is 14.0. The van der Waals surface area contributed by atoms with Gasteiger partial charge in [0, 0.05) is 5.69 Å². The van der Waals surface area contributed by atoms with Gasteiger partial charge >= 0.3 is 12.1 Å². The van der Waals surface area contributed by atoms with Crippen molar-refractivity contribution in [2.24, 2.45) is 5.92 Å². The van der Waals surface area contributed by atoms with E-state index in [0.717, 1.165) is 4.68 Å². The molecule has 17 heavy (non-hydrogen) atoms. The summed E-state index contributed by atoms with van der Waals surface area (Å²) in [5, 5.41) is 12.4. The molecule has 96 valence electrons. The van der Waals surface area contributed by atoms with Crippen LogP contribution in [0.15, 0.2) is 4.47 Å². The number of aromatic nitrogens is 2. The minimum absolute atomic E-state index is 0.470. The Morgan fingerprint density at radius 1 is 1.53 bits per heavy atom. The van der Waals surface area contributed by atoms with Gasteiger partial charge in [-0.05, 0) is 29.8 Å². The van der Waals surface area contributed by atoms with Gasteiger partial charge in [-0.25, -0.2) is 0 Å². The number of carboxylic acid groups (broad SMARTS) is 1. The van der Waals surface area contributed by atoms with E-state index >= 15 is 0 Å². The summed E-state index contributed by atoms with van der Waals surface area (Å²) in [6.45, 7) is 2.47. The van der Waals surface area contributed by atoms with Crippen LogP contribution in [0.25, 0.3) is 0 Å². The van der Waals surface area contributed by atoms with E-state index < -0.39 is 24.6 Å². The van der Waals surface area contributed by atoms with Gasteiger partial charge in [0.15, 0.2) is 5.92 Å². The van der Waals surface area contributed by atoms with Crippen molar-refractivity contribution in [3.05, 3.63) is 15.9 Å². The fraction of sp³-hybridized carbons (Fsp3) is 0.556. The molecule has 0 aromatic carbocycles. The van der Waals surface area contributed by atoms with Gasteiger partial charge in [0.1, 0.15) is 0 Å². The molecule has 0 aliphatic carbocycles. The molecule has 1 rings (SSSR count). The molecule has 1 N–H and O–H groups in total. The van der Waals surface area contributed by atoms with Crippen LogP contribution < -0.4 is 0 Å². The summed E-state index contributed by atoms with van der Waals surface area (Å²) >= 11 is 3.17. The molecule has 1 unspecified atom stereocenters. The largest absolute Gasteiger partial charge is 0.481 e. The number of carbonyl (C=O) groups is 1. The number of hydrogen-bond donors (Lipinski definition) is 1. The van der Waals surface area contributed by atoms with E-state index in [9.17, 15) is 18.0 Å². The number of carboxylic acids is 1. The molecule has 1 atom stereocenters. The molecule has 0 amide bonds. The molecule has 0 aliphatic rings. The van der Waals surface area contributed by atoms with Crippen molar-refractivity contribution >= 4 is 21.9 Å². The van der Waals surface area contributed by atoms with E-state index in [1.165, 1.54) is 0 Å². The Bertz CT molecular complexity index is 442. The number of rotatable bonds is 3. The third-order valence-corrected chi connectivity index (χ3v) is 3.49. The van der Waals surface area contributed by atoms with Gasteiger partial charge < -0.3 is 5.11 Å². The Kier molecular flexibility index (Phi) is 3.85. The van der Waals surface area contributed by atoms with Gasteiger partial charge in [0.05, 0.1) is 16.7 Å². The number of nitrogens with zero attached hydrogens (tertiary/aromatic N) is 2. The Balaban J connectivity index is 3.03. The van der Waals surface area contributed by atoms with Crippen molar-refractivity contribution in [1.29, 1.82) is 0 Å². The van der Waals surface area contributed by atoms with Crippen LogP contribution in [0.4, 0.5) is 13.2 Å². The predicted octanol–water partition coefficient (Wildman–Crippen LogP) is 2.53.